The average Bonchev–Trinajstić information content (AvgIpc) is 2.58. The lowest BCUT2D eigenvalue weighted by atomic mass is 10.1. The summed E-state index contributed by atoms with van der Waals surface area (Å²) < 4.78 is 19.5. The third-order valence-corrected chi connectivity index (χ3v) is 3.11. The van der Waals surface area contributed by atoms with Gasteiger partial charge in [0.25, 0.3) is 0 Å². The molecule has 0 saturated heterocycles. The molecule has 2 rings (SSSR count). The number of hydrogen-bond donors (Lipinski definition) is 0. The van der Waals surface area contributed by atoms with Crippen molar-refractivity contribution in [1.82, 2.24) is 0 Å². The van der Waals surface area contributed by atoms with Gasteiger partial charge in [-0.15, -0.1) is 11.3 Å². The second-order valence-electron chi connectivity index (χ2n) is 3.10. The van der Waals surface area contributed by atoms with Crippen molar-refractivity contribution in [2.24, 2.45) is 0 Å². The van der Waals surface area contributed by atoms with Crippen LogP contribution in [0.4, 0.5) is 4.39 Å². The summed E-state index contributed by atoms with van der Waals surface area (Å²) in [4.78, 5) is 0. The first-order chi connectivity index (χ1) is 6.74. The lowest BCUT2D eigenvalue weighted by Gasteiger charge is -2.03. The Morgan fingerprint density at radius 2 is 2.21 bits per heavy atom. The summed E-state index contributed by atoms with van der Waals surface area (Å²) in [6.07, 6.45) is 0. The third kappa shape index (κ3) is 1.38. The van der Waals surface area contributed by atoms with Gasteiger partial charge in [-0.1, -0.05) is 6.07 Å². The van der Waals surface area contributed by atoms with E-state index in [2.05, 4.69) is 0 Å². The minimum atomic E-state index is -0.165. The van der Waals surface area contributed by atoms with E-state index in [0.717, 1.165) is 16.7 Å². The largest absolute Gasteiger partial charge is 0.492 e. The molecule has 14 heavy (non-hydrogen) atoms. The fourth-order valence-electron chi connectivity index (χ4n) is 1.51. The monoisotopic (exact) mass is 210 g/mol. The Labute approximate surface area is 86.1 Å². The Morgan fingerprint density at radius 1 is 1.43 bits per heavy atom. The number of aryl methyl sites for hydroxylation is 1. The lowest BCUT2D eigenvalue weighted by Crippen LogP contribution is -1.90. The van der Waals surface area contributed by atoms with Crippen LogP contribution in [0.25, 0.3) is 10.1 Å². The molecule has 1 aromatic heterocycles. The minimum Gasteiger partial charge on any atom is -0.492 e. The maximum atomic E-state index is 13.4. The zero-order valence-electron chi connectivity index (χ0n) is 8.13. The molecule has 2 aromatic rings. The van der Waals surface area contributed by atoms with Crippen molar-refractivity contribution in [2.45, 2.75) is 13.8 Å². The van der Waals surface area contributed by atoms with E-state index in [0.29, 0.717) is 11.3 Å². The molecule has 1 aromatic carbocycles. The summed E-state index contributed by atoms with van der Waals surface area (Å²) in [6, 6.07) is 3.29. The number of halogens is 1. The fourth-order valence-corrected chi connectivity index (χ4v) is 2.48. The van der Waals surface area contributed by atoms with Gasteiger partial charge in [-0.05, 0) is 25.5 Å². The molecule has 0 radical (unpaired) electrons. The number of rotatable bonds is 2. The molecule has 0 amide bonds. The standard InChI is InChI=1S/C11H11FOS/c1-3-13-9-6-14-11-8(12)5-4-7(2)10(9)11/h4-6H,3H2,1-2H3. The highest BCUT2D eigenvalue weighted by molar-refractivity contribution is 7.17. The van der Waals surface area contributed by atoms with Crippen molar-refractivity contribution < 1.29 is 9.13 Å². The highest BCUT2D eigenvalue weighted by Gasteiger charge is 2.10. The fraction of sp³-hybridized carbons (Fsp3) is 0.273. The summed E-state index contributed by atoms with van der Waals surface area (Å²) in [5.74, 6) is 0.631. The van der Waals surface area contributed by atoms with E-state index in [1.165, 1.54) is 17.4 Å². The van der Waals surface area contributed by atoms with Crippen LogP contribution >= 0.6 is 11.3 Å². The molecule has 0 bridgehead atoms. The predicted molar refractivity (Wildman–Crippen MR) is 57.7 cm³/mol. The first-order valence-electron chi connectivity index (χ1n) is 4.53. The van der Waals surface area contributed by atoms with Gasteiger partial charge in [0.15, 0.2) is 0 Å². The van der Waals surface area contributed by atoms with Crippen LogP contribution in [0, 0.1) is 12.7 Å². The van der Waals surface area contributed by atoms with Gasteiger partial charge in [-0.2, -0.15) is 0 Å². The predicted octanol–water partition coefficient (Wildman–Crippen LogP) is 3.75. The molecule has 74 valence electrons. The van der Waals surface area contributed by atoms with Gasteiger partial charge in [0, 0.05) is 10.8 Å². The van der Waals surface area contributed by atoms with Crippen LogP contribution in [-0.4, -0.2) is 6.61 Å². The second-order valence-corrected chi connectivity index (χ2v) is 3.98. The first-order valence-corrected chi connectivity index (χ1v) is 5.41. The third-order valence-electron chi connectivity index (χ3n) is 2.15. The summed E-state index contributed by atoms with van der Waals surface area (Å²) in [5.41, 5.74) is 1.06. The highest BCUT2D eigenvalue weighted by atomic mass is 32.1. The highest BCUT2D eigenvalue weighted by Crippen LogP contribution is 2.36. The molecule has 0 spiro atoms. The van der Waals surface area contributed by atoms with Crippen LogP contribution in [0.2, 0.25) is 0 Å². The van der Waals surface area contributed by atoms with E-state index in [1.54, 1.807) is 6.07 Å². The molecule has 1 nitrogen and oxygen atoms in total. The number of fused-ring (bicyclic) bond motifs is 1. The van der Waals surface area contributed by atoms with Crippen molar-refractivity contribution in [3.8, 4) is 5.75 Å². The van der Waals surface area contributed by atoms with Gasteiger partial charge in [0.1, 0.15) is 11.6 Å². The zero-order valence-corrected chi connectivity index (χ0v) is 8.95. The maximum absolute atomic E-state index is 13.4. The maximum Gasteiger partial charge on any atom is 0.141 e. The zero-order chi connectivity index (χ0) is 10.1. The lowest BCUT2D eigenvalue weighted by molar-refractivity contribution is 0.345. The van der Waals surface area contributed by atoms with Gasteiger partial charge >= 0.3 is 0 Å². The Balaban J connectivity index is 2.70. The molecule has 0 aliphatic carbocycles. The SMILES string of the molecule is CCOc1csc2c(F)ccc(C)c12. The molecular formula is C11H11FOS. The average molecular weight is 210 g/mol. The Hall–Kier alpha value is -1.09. The Bertz CT molecular complexity index is 462. The van der Waals surface area contributed by atoms with Crippen molar-refractivity contribution in [3.63, 3.8) is 0 Å². The number of benzene rings is 1. The van der Waals surface area contributed by atoms with E-state index < -0.39 is 0 Å². The van der Waals surface area contributed by atoms with E-state index in [-0.39, 0.29) is 5.82 Å². The van der Waals surface area contributed by atoms with E-state index in [1.807, 2.05) is 19.2 Å². The van der Waals surface area contributed by atoms with Gasteiger partial charge < -0.3 is 4.74 Å². The van der Waals surface area contributed by atoms with Crippen molar-refractivity contribution >= 4 is 21.4 Å². The van der Waals surface area contributed by atoms with E-state index in [4.69, 9.17) is 4.74 Å². The summed E-state index contributed by atoms with van der Waals surface area (Å²) in [7, 11) is 0. The first kappa shape index (κ1) is 9.46. The molecule has 0 fully saturated rings. The molecule has 0 N–H and O–H groups in total. The number of hydrogen-bond acceptors (Lipinski definition) is 2. The van der Waals surface area contributed by atoms with Crippen LogP contribution in [-0.2, 0) is 0 Å². The van der Waals surface area contributed by atoms with Crippen LogP contribution in [0.1, 0.15) is 12.5 Å². The van der Waals surface area contributed by atoms with E-state index in [9.17, 15) is 4.39 Å². The molecule has 0 aliphatic heterocycles. The van der Waals surface area contributed by atoms with Crippen LogP contribution < -0.4 is 4.74 Å². The number of thiophene rings is 1. The van der Waals surface area contributed by atoms with Gasteiger partial charge in [-0.25, -0.2) is 4.39 Å². The molecule has 0 unspecified atom stereocenters. The minimum absolute atomic E-state index is 0.165. The second kappa shape index (κ2) is 3.58. The van der Waals surface area contributed by atoms with E-state index >= 15 is 0 Å². The van der Waals surface area contributed by atoms with Gasteiger partial charge in [0.2, 0.25) is 0 Å². The molecule has 3 heteroatoms. The topological polar surface area (TPSA) is 9.23 Å². The van der Waals surface area contributed by atoms with Gasteiger partial charge in [-0.3, -0.25) is 0 Å². The normalized spacial score (nSPS) is 10.8. The van der Waals surface area contributed by atoms with Crippen molar-refractivity contribution in [1.29, 1.82) is 0 Å². The summed E-state index contributed by atoms with van der Waals surface area (Å²) in [6.45, 7) is 4.51. The smallest absolute Gasteiger partial charge is 0.141 e. The summed E-state index contributed by atoms with van der Waals surface area (Å²) >= 11 is 1.39. The molecule has 0 atom stereocenters. The Kier molecular flexibility index (Phi) is 2.42. The quantitative estimate of drug-likeness (QED) is 0.733. The van der Waals surface area contributed by atoms with Crippen LogP contribution in [0.15, 0.2) is 17.5 Å². The van der Waals surface area contributed by atoms with Crippen molar-refractivity contribution in [3.05, 3.63) is 28.9 Å². The van der Waals surface area contributed by atoms with Crippen LogP contribution in [0.3, 0.4) is 0 Å². The number of ether oxygens (including phenoxy) is 1. The molecular weight excluding hydrogens is 199 g/mol. The summed E-state index contributed by atoms with van der Waals surface area (Å²) in [5, 5.41) is 2.78. The van der Waals surface area contributed by atoms with Gasteiger partial charge in [0.05, 0.1) is 11.3 Å². The van der Waals surface area contributed by atoms with Crippen molar-refractivity contribution in [2.75, 3.05) is 6.61 Å². The molecule has 0 saturated carbocycles. The molecule has 0 aliphatic rings. The van der Waals surface area contributed by atoms with Crippen LogP contribution in [0.5, 0.6) is 5.75 Å². The molecule has 1 heterocycles. The Morgan fingerprint density at radius 3 is 2.93 bits per heavy atom.